The lowest BCUT2D eigenvalue weighted by Gasteiger charge is -2.21. The predicted molar refractivity (Wildman–Crippen MR) is 83.2 cm³/mol. The summed E-state index contributed by atoms with van der Waals surface area (Å²) in [5, 5.41) is 0. The highest BCUT2D eigenvalue weighted by Crippen LogP contribution is 2.15. The van der Waals surface area contributed by atoms with Crippen LogP contribution in [0, 0.1) is 0 Å². The molecule has 1 nitrogen and oxygen atoms in total. The van der Waals surface area contributed by atoms with Gasteiger partial charge in [-0.25, -0.2) is 0 Å². The largest absolute Gasteiger partial charge is 0.399 e. The highest BCUT2D eigenvalue weighted by atomic mass is 14.5. The first-order valence-corrected chi connectivity index (χ1v) is 5.30. The zero-order valence-corrected chi connectivity index (χ0v) is 9.77. The summed E-state index contributed by atoms with van der Waals surface area (Å²) >= 11 is 0. The lowest BCUT2D eigenvalue weighted by atomic mass is 9.60. The van der Waals surface area contributed by atoms with Crippen LogP contribution in [0.4, 0.5) is 5.69 Å². The Balaban J connectivity index is 2.75. The molecule has 0 aliphatic rings. The molecule has 0 bridgehead atoms. The monoisotopic (exact) mass is 219 g/mol. The standard InChI is InChI=1S/C12H6B5N/c13-8-7(5-1-3-6(18)4-2-5)9(14)11(16)12(17)10(8)15/h1-4H,18H2. The van der Waals surface area contributed by atoms with Gasteiger partial charge in [0.25, 0.3) is 0 Å². The maximum Gasteiger partial charge on any atom is 0.113 e. The Labute approximate surface area is 114 Å². The van der Waals surface area contributed by atoms with Crippen LogP contribution in [-0.2, 0) is 0 Å². The van der Waals surface area contributed by atoms with Crippen molar-refractivity contribution in [1.82, 2.24) is 0 Å². The molecule has 0 aromatic heterocycles. The van der Waals surface area contributed by atoms with Gasteiger partial charge in [-0.2, -0.15) is 0 Å². The van der Waals surface area contributed by atoms with Crippen LogP contribution in [0.25, 0.3) is 11.1 Å². The molecule has 2 rings (SSSR count). The van der Waals surface area contributed by atoms with Gasteiger partial charge in [-0.05, 0) is 23.3 Å². The summed E-state index contributed by atoms with van der Waals surface area (Å²) in [6, 6.07) is 7.09. The Morgan fingerprint density at radius 1 is 0.611 bits per heavy atom. The Morgan fingerprint density at radius 3 is 1.44 bits per heavy atom. The summed E-state index contributed by atoms with van der Waals surface area (Å²) in [7, 11) is 29.2. The third kappa shape index (κ3) is 2.00. The van der Waals surface area contributed by atoms with Gasteiger partial charge < -0.3 is 5.73 Å². The molecule has 10 radical (unpaired) electrons. The van der Waals surface area contributed by atoms with E-state index < -0.39 is 0 Å². The van der Waals surface area contributed by atoms with Gasteiger partial charge in [-0.15, -0.1) is 16.4 Å². The number of nitrogens with two attached hydrogens (primary N) is 1. The molecule has 0 heterocycles. The predicted octanol–water partition coefficient (Wildman–Crippen LogP) is -3.10. The Hall–Kier alpha value is -1.44. The van der Waals surface area contributed by atoms with Crippen LogP contribution < -0.4 is 33.0 Å². The second kappa shape index (κ2) is 4.68. The van der Waals surface area contributed by atoms with Gasteiger partial charge in [0.15, 0.2) is 0 Å². The molecule has 18 heavy (non-hydrogen) atoms. The fourth-order valence-electron chi connectivity index (χ4n) is 1.81. The first kappa shape index (κ1) is 13.0. The molecule has 0 fully saturated rings. The zero-order valence-electron chi connectivity index (χ0n) is 9.77. The van der Waals surface area contributed by atoms with E-state index in [2.05, 4.69) is 0 Å². The number of hydrogen-bond donors (Lipinski definition) is 1. The fourth-order valence-corrected chi connectivity index (χ4v) is 1.81. The van der Waals surface area contributed by atoms with Gasteiger partial charge in [-0.1, -0.05) is 23.1 Å². The van der Waals surface area contributed by atoms with Crippen molar-refractivity contribution in [1.29, 1.82) is 0 Å². The Bertz CT molecular complexity index is 578. The molecule has 2 aromatic carbocycles. The molecule has 6 heteroatoms. The van der Waals surface area contributed by atoms with E-state index in [4.69, 9.17) is 45.0 Å². The first-order valence-electron chi connectivity index (χ1n) is 5.30. The molecule has 0 aliphatic heterocycles. The molecule has 0 unspecified atom stereocenters. The number of rotatable bonds is 1. The van der Waals surface area contributed by atoms with Crippen LogP contribution >= 0.6 is 0 Å². The summed E-state index contributed by atoms with van der Waals surface area (Å²) in [6.45, 7) is 0. The topological polar surface area (TPSA) is 26.0 Å². The minimum absolute atomic E-state index is 0.212. The van der Waals surface area contributed by atoms with E-state index >= 15 is 0 Å². The van der Waals surface area contributed by atoms with E-state index in [1.165, 1.54) is 0 Å². The highest BCUT2D eigenvalue weighted by molar-refractivity contribution is 6.68. The van der Waals surface area contributed by atoms with Gasteiger partial charge in [0.1, 0.15) is 39.2 Å². The molecule has 0 amide bonds. The van der Waals surface area contributed by atoms with Crippen LogP contribution in [0.3, 0.4) is 0 Å². The van der Waals surface area contributed by atoms with E-state index in [1.54, 1.807) is 24.3 Å². The van der Waals surface area contributed by atoms with Crippen LogP contribution in [0.2, 0.25) is 0 Å². The summed E-state index contributed by atoms with van der Waals surface area (Å²) in [4.78, 5) is 0. The smallest absolute Gasteiger partial charge is 0.113 e. The van der Waals surface area contributed by atoms with Gasteiger partial charge in [-0.3, -0.25) is 0 Å². The maximum atomic E-state index is 5.95. The second-order valence-electron chi connectivity index (χ2n) is 4.07. The van der Waals surface area contributed by atoms with Crippen molar-refractivity contribution in [2.45, 2.75) is 0 Å². The van der Waals surface area contributed by atoms with E-state index in [0.29, 0.717) is 22.2 Å². The van der Waals surface area contributed by atoms with Crippen molar-refractivity contribution in [2.24, 2.45) is 0 Å². The molecule has 0 saturated heterocycles. The highest BCUT2D eigenvalue weighted by Gasteiger charge is 2.11. The normalized spacial score (nSPS) is 10.4. The molecule has 2 N–H and O–H groups in total. The summed E-state index contributed by atoms with van der Waals surface area (Å²) < 4.78 is 0. The van der Waals surface area contributed by atoms with Gasteiger partial charge >= 0.3 is 0 Å². The molecule has 2 aromatic rings. The Kier molecular flexibility index (Phi) is 3.38. The SMILES string of the molecule is [B]c1c([B])c([B])c(-c2ccc(N)cc2)c([B])c1[B]. The van der Waals surface area contributed by atoms with Crippen LogP contribution in [0.5, 0.6) is 0 Å². The second-order valence-corrected chi connectivity index (χ2v) is 4.07. The molecule has 0 saturated carbocycles. The molecular weight excluding hydrogens is 212 g/mol. The van der Waals surface area contributed by atoms with E-state index in [-0.39, 0.29) is 16.4 Å². The lowest BCUT2D eigenvalue weighted by molar-refractivity contribution is 1.67. The third-order valence-electron chi connectivity index (χ3n) is 2.90. The fraction of sp³-hybridized carbons (Fsp3) is 0. The number of anilines is 1. The van der Waals surface area contributed by atoms with Crippen molar-refractivity contribution in [3.8, 4) is 11.1 Å². The van der Waals surface area contributed by atoms with Crippen molar-refractivity contribution < 1.29 is 0 Å². The molecule has 0 spiro atoms. The number of benzene rings is 2. The molecule has 0 atom stereocenters. The van der Waals surface area contributed by atoms with Crippen molar-refractivity contribution in [3.63, 3.8) is 0 Å². The zero-order chi connectivity index (χ0) is 13.4. The van der Waals surface area contributed by atoms with E-state index in [1.807, 2.05) is 0 Å². The minimum Gasteiger partial charge on any atom is -0.399 e. The molecular formula is C12H6B5N. The van der Waals surface area contributed by atoms with Gasteiger partial charge in [0.05, 0.1) is 0 Å². The van der Waals surface area contributed by atoms with Crippen molar-refractivity contribution >= 4 is 72.2 Å². The minimum atomic E-state index is 0.212. The number of nitrogen functional groups attached to an aromatic ring is 1. The van der Waals surface area contributed by atoms with Crippen LogP contribution in [-0.4, -0.2) is 39.2 Å². The van der Waals surface area contributed by atoms with E-state index in [9.17, 15) is 0 Å². The third-order valence-corrected chi connectivity index (χ3v) is 2.90. The lowest BCUT2D eigenvalue weighted by Crippen LogP contribution is -2.55. The average molecular weight is 218 g/mol. The number of hydrogen-bond acceptors (Lipinski definition) is 1. The van der Waals surface area contributed by atoms with Gasteiger partial charge in [0, 0.05) is 5.69 Å². The van der Waals surface area contributed by atoms with Crippen LogP contribution in [0.15, 0.2) is 24.3 Å². The van der Waals surface area contributed by atoms with Crippen molar-refractivity contribution in [3.05, 3.63) is 24.3 Å². The quantitative estimate of drug-likeness (QED) is 0.398. The summed E-state index contributed by atoms with van der Waals surface area (Å²) in [5.41, 5.74) is 9.00. The van der Waals surface area contributed by atoms with Crippen molar-refractivity contribution in [2.75, 3.05) is 5.73 Å². The van der Waals surface area contributed by atoms with Crippen LogP contribution in [0.1, 0.15) is 0 Å². The van der Waals surface area contributed by atoms with E-state index in [0.717, 1.165) is 5.56 Å². The maximum absolute atomic E-state index is 5.95. The average Bonchev–Trinajstić information content (AvgIpc) is 2.36. The Morgan fingerprint density at radius 2 is 1.00 bits per heavy atom. The summed E-state index contributed by atoms with van der Waals surface area (Å²) in [6.07, 6.45) is 0. The van der Waals surface area contributed by atoms with Gasteiger partial charge in [0.2, 0.25) is 0 Å². The molecule has 0 aliphatic carbocycles. The molecule has 74 valence electrons. The summed E-state index contributed by atoms with van der Waals surface area (Å²) in [5.74, 6) is 0. The first-order chi connectivity index (χ1) is 8.43.